The Morgan fingerprint density at radius 2 is 2.11 bits per heavy atom. The van der Waals surface area contributed by atoms with E-state index in [1.165, 1.54) is 12.1 Å². The number of halogens is 2. The predicted molar refractivity (Wildman–Crippen MR) is 64.7 cm³/mol. The molecule has 1 amide bonds. The van der Waals surface area contributed by atoms with E-state index in [-0.39, 0.29) is 6.42 Å². The highest BCUT2D eigenvalue weighted by molar-refractivity contribution is 5.96. The van der Waals surface area contributed by atoms with Crippen LogP contribution in [0.25, 0.3) is 0 Å². The maximum atomic E-state index is 13.4. The fraction of sp³-hybridized carbons (Fsp3) is 0.231. The summed E-state index contributed by atoms with van der Waals surface area (Å²) in [6.45, 7) is 3.44. The van der Waals surface area contributed by atoms with Gasteiger partial charge in [0.1, 0.15) is 6.04 Å². The second-order valence-corrected chi connectivity index (χ2v) is 3.83. The maximum Gasteiger partial charge on any atom is 0.326 e. The quantitative estimate of drug-likeness (QED) is 0.777. The lowest BCUT2D eigenvalue weighted by atomic mass is 10.1. The highest BCUT2D eigenvalue weighted by Crippen LogP contribution is 2.12. The van der Waals surface area contributed by atoms with Gasteiger partial charge < -0.3 is 10.4 Å². The van der Waals surface area contributed by atoms with Gasteiger partial charge in [0.2, 0.25) is 0 Å². The topological polar surface area (TPSA) is 66.4 Å². The number of hydrogen-bond acceptors (Lipinski definition) is 2. The van der Waals surface area contributed by atoms with Gasteiger partial charge in [-0.3, -0.25) is 4.79 Å². The van der Waals surface area contributed by atoms with Crippen molar-refractivity contribution in [1.29, 1.82) is 0 Å². The number of carbonyl (C=O) groups excluding carboxylic acids is 1. The van der Waals surface area contributed by atoms with Crippen LogP contribution in [0.15, 0.2) is 30.9 Å². The van der Waals surface area contributed by atoms with Gasteiger partial charge in [0.25, 0.3) is 5.91 Å². The van der Waals surface area contributed by atoms with Crippen LogP contribution in [0, 0.1) is 11.6 Å². The Kier molecular flexibility index (Phi) is 5.17. The summed E-state index contributed by atoms with van der Waals surface area (Å²) in [5, 5.41) is 11.0. The maximum absolute atomic E-state index is 13.4. The summed E-state index contributed by atoms with van der Waals surface area (Å²) in [5.74, 6) is -4.67. The van der Waals surface area contributed by atoms with Crippen LogP contribution in [-0.2, 0) is 4.79 Å². The summed E-state index contributed by atoms with van der Waals surface area (Å²) in [7, 11) is 0. The molecule has 0 aliphatic carbocycles. The van der Waals surface area contributed by atoms with Crippen molar-refractivity contribution < 1.29 is 23.5 Å². The second-order valence-electron chi connectivity index (χ2n) is 3.83. The van der Waals surface area contributed by atoms with Crippen LogP contribution in [0.1, 0.15) is 23.2 Å². The zero-order valence-electron chi connectivity index (χ0n) is 10.0. The molecule has 0 saturated carbocycles. The third-order valence-corrected chi connectivity index (χ3v) is 2.46. The molecule has 4 nitrogen and oxygen atoms in total. The molecule has 1 atom stereocenters. The Labute approximate surface area is 108 Å². The van der Waals surface area contributed by atoms with E-state index >= 15 is 0 Å². The number of benzene rings is 1. The summed E-state index contributed by atoms with van der Waals surface area (Å²) < 4.78 is 26.3. The predicted octanol–water partition coefficient (Wildman–Crippen LogP) is 2.11. The van der Waals surface area contributed by atoms with Gasteiger partial charge in [-0.2, -0.15) is 0 Å². The Morgan fingerprint density at radius 1 is 1.42 bits per heavy atom. The number of carboxylic acids is 1. The molecule has 0 aliphatic rings. The molecule has 0 aliphatic heterocycles. The van der Waals surface area contributed by atoms with Crippen molar-refractivity contribution in [3.05, 3.63) is 48.1 Å². The number of allylic oxidation sites excluding steroid dienone is 1. The molecule has 1 aromatic rings. The van der Waals surface area contributed by atoms with Gasteiger partial charge in [-0.25, -0.2) is 13.6 Å². The number of hydrogen-bond donors (Lipinski definition) is 2. The summed E-state index contributed by atoms with van der Waals surface area (Å²) in [6.07, 6.45) is 2.01. The van der Waals surface area contributed by atoms with Crippen LogP contribution in [0.2, 0.25) is 0 Å². The largest absolute Gasteiger partial charge is 0.480 e. The molecule has 102 valence electrons. The Morgan fingerprint density at radius 3 is 2.68 bits per heavy atom. The lowest BCUT2D eigenvalue weighted by Crippen LogP contribution is -2.41. The van der Waals surface area contributed by atoms with Gasteiger partial charge in [-0.15, -0.1) is 6.58 Å². The van der Waals surface area contributed by atoms with E-state index in [2.05, 4.69) is 11.9 Å². The number of nitrogens with one attached hydrogen (secondary N) is 1. The number of carbonyl (C=O) groups is 2. The first kappa shape index (κ1) is 14.8. The first-order valence-electron chi connectivity index (χ1n) is 5.56. The van der Waals surface area contributed by atoms with E-state index in [1.807, 2.05) is 0 Å². The van der Waals surface area contributed by atoms with E-state index in [4.69, 9.17) is 5.11 Å². The molecule has 0 fully saturated rings. The molecule has 19 heavy (non-hydrogen) atoms. The zero-order valence-corrected chi connectivity index (χ0v) is 10.0. The second kappa shape index (κ2) is 6.63. The van der Waals surface area contributed by atoms with Gasteiger partial charge in [0.05, 0.1) is 5.56 Å². The fourth-order valence-electron chi connectivity index (χ4n) is 1.46. The summed E-state index contributed by atoms with van der Waals surface area (Å²) in [4.78, 5) is 22.6. The molecule has 2 N–H and O–H groups in total. The Bertz CT molecular complexity index is 503. The first-order valence-corrected chi connectivity index (χ1v) is 5.56. The minimum Gasteiger partial charge on any atom is -0.480 e. The molecule has 0 aromatic heterocycles. The van der Waals surface area contributed by atoms with Crippen LogP contribution in [0.5, 0.6) is 0 Å². The average Bonchev–Trinajstić information content (AvgIpc) is 2.37. The molecule has 6 heteroatoms. The molecule has 0 unspecified atom stereocenters. The van der Waals surface area contributed by atoms with E-state index in [9.17, 15) is 18.4 Å². The van der Waals surface area contributed by atoms with Crippen molar-refractivity contribution in [3.63, 3.8) is 0 Å². The molecule has 1 rings (SSSR count). The molecule has 0 heterocycles. The molecule has 0 saturated heterocycles. The lowest BCUT2D eigenvalue weighted by molar-refractivity contribution is -0.139. The van der Waals surface area contributed by atoms with Crippen LogP contribution in [-0.4, -0.2) is 23.0 Å². The van der Waals surface area contributed by atoms with Crippen LogP contribution in [0.3, 0.4) is 0 Å². The average molecular weight is 269 g/mol. The van der Waals surface area contributed by atoms with Crippen molar-refractivity contribution >= 4 is 11.9 Å². The minimum atomic E-state index is -1.30. The Balaban J connectivity index is 2.84. The van der Waals surface area contributed by atoms with Gasteiger partial charge >= 0.3 is 5.97 Å². The molecule has 0 radical (unpaired) electrons. The molecular weight excluding hydrogens is 256 g/mol. The lowest BCUT2D eigenvalue weighted by Gasteiger charge is -2.14. The smallest absolute Gasteiger partial charge is 0.326 e. The van der Waals surface area contributed by atoms with E-state index in [1.54, 1.807) is 0 Å². The van der Waals surface area contributed by atoms with Crippen LogP contribution >= 0.6 is 0 Å². The van der Waals surface area contributed by atoms with Crippen molar-refractivity contribution in [2.45, 2.75) is 18.9 Å². The number of aliphatic carboxylic acids is 1. The van der Waals surface area contributed by atoms with Crippen LogP contribution < -0.4 is 5.32 Å². The normalized spacial score (nSPS) is 11.7. The minimum absolute atomic E-state index is 0.126. The third-order valence-electron chi connectivity index (χ3n) is 2.46. The highest BCUT2D eigenvalue weighted by atomic mass is 19.2. The monoisotopic (exact) mass is 269 g/mol. The number of carboxylic acid groups (broad SMARTS) is 1. The highest BCUT2D eigenvalue weighted by Gasteiger charge is 2.22. The van der Waals surface area contributed by atoms with E-state index < -0.39 is 35.1 Å². The van der Waals surface area contributed by atoms with E-state index in [0.29, 0.717) is 6.42 Å². The summed E-state index contributed by atoms with van der Waals surface area (Å²) in [6, 6.07) is 1.96. The molecule has 0 spiro atoms. The molecule has 1 aromatic carbocycles. The van der Waals surface area contributed by atoms with Gasteiger partial charge in [0, 0.05) is 0 Å². The molecule has 0 bridgehead atoms. The van der Waals surface area contributed by atoms with Crippen molar-refractivity contribution in [2.24, 2.45) is 0 Å². The zero-order chi connectivity index (χ0) is 14.4. The molecular formula is C13H13F2NO3. The van der Waals surface area contributed by atoms with Gasteiger partial charge in [0.15, 0.2) is 11.6 Å². The Hall–Kier alpha value is -2.24. The fourth-order valence-corrected chi connectivity index (χ4v) is 1.46. The number of rotatable bonds is 6. The van der Waals surface area contributed by atoms with E-state index in [0.717, 1.165) is 12.1 Å². The SMILES string of the molecule is C=CCC[C@@H](NC(=O)c1cccc(F)c1F)C(=O)O. The van der Waals surface area contributed by atoms with Crippen molar-refractivity contribution in [2.75, 3.05) is 0 Å². The first-order chi connectivity index (χ1) is 8.97. The third kappa shape index (κ3) is 3.87. The summed E-state index contributed by atoms with van der Waals surface area (Å²) >= 11 is 0. The standard InChI is InChI=1S/C13H13F2NO3/c1-2-3-7-10(13(18)19)16-12(17)8-5-4-6-9(14)11(8)15/h2,4-6,10H,1,3,7H2,(H,16,17)(H,18,19)/t10-/m1/s1. The van der Waals surface area contributed by atoms with Crippen molar-refractivity contribution in [1.82, 2.24) is 5.32 Å². The van der Waals surface area contributed by atoms with Crippen molar-refractivity contribution in [3.8, 4) is 0 Å². The van der Waals surface area contributed by atoms with Gasteiger partial charge in [-0.1, -0.05) is 12.1 Å². The number of amides is 1. The van der Waals surface area contributed by atoms with Gasteiger partial charge in [-0.05, 0) is 25.0 Å². The van der Waals surface area contributed by atoms with Crippen LogP contribution in [0.4, 0.5) is 8.78 Å². The summed E-state index contributed by atoms with van der Waals surface area (Å²) in [5.41, 5.74) is -0.523.